The number of hydrogen-bond acceptors (Lipinski definition) is 7. The molecule has 8 nitrogen and oxygen atoms in total. The number of benzene rings is 1. The second-order valence-electron chi connectivity index (χ2n) is 7.49. The standard InChI is InChI=1S/C22H22N4O4S2/c1-2-11-25-21(28)19-16-9-4-3-5-10-17(16)32-20(19)24-22(25)31-13-18(27)23-14-7-6-8-15(12-14)26(29)30/h2,6-8,12H,1,3-5,9-11,13H2,(H,23,27). The van der Waals surface area contributed by atoms with Gasteiger partial charge in [-0.15, -0.1) is 17.9 Å². The quantitative estimate of drug-likeness (QED) is 0.136. The number of fused-ring (bicyclic) bond motifs is 3. The Labute approximate surface area is 192 Å². The van der Waals surface area contributed by atoms with Crippen molar-refractivity contribution in [1.29, 1.82) is 0 Å². The van der Waals surface area contributed by atoms with Crippen LogP contribution in [0.5, 0.6) is 0 Å². The number of non-ortho nitro benzene ring substituents is 1. The van der Waals surface area contributed by atoms with E-state index in [9.17, 15) is 19.7 Å². The van der Waals surface area contributed by atoms with E-state index >= 15 is 0 Å². The van der Waals surface area contributed by atoms with E-state index in [1.165, 1.54) is 41.3 Å². The zero-order chi connectivity index (χ0) is 22.7. The Morgan fingerprint density at radius 3 is 2.94 bits per heavy atom. The number of rotatable bonds is 7. The van der Waals surface area contributed by atoms with Gasteiger partial charge >= 0.3 is 0 Å². The summed E-state index contributed by atoms with van der Waals surface area (Å²) < 4.78 is 1.57. The number of amides is 1. The van der Waals surface area contributed by atoms with Crippen molar-refractivity contribution in [2.75, 3.05) is 11.1 Å². The molecule has 0 saturated heterocycles. The van der Waals surface area contributed by atoms with E-state index in [-0.39, 0.29) is 22.9 Å². The predicted octanol–water partition coefficient (Wildman–Crippen LogP) is 4.55. The van der Waals surface area contributed by atoms with Crippen LogP contribution in [0.25, 0.3) is 10.2 Å². The van der Waals surface area contributed by atoms with Gasteiger partial charge in [-0.2, -0.15) is 0 Å². The molecule has 1 N–H and O–H groups in total. The lowest BCUT2D eigenvalue weighted by molar-refractivity contribution is -0.384. The number of thiophene rings is 1. The van der Waals surface area contributed by atoms with E-state index in [1.807, 2.05) is 0 Å². The molecule has 1 aliphatic carbocycles. The van der Waals surface area contributed by atoms with E-state index < -0.39 is 4.92 Å². The largest absolute Gasteiger partial charge is 0.325 e. The summed E-state index contributed by atoms with van der Waals surface area (Å²) >= 11 is 2.75. The third kappa shape index (κ3) is 4.61. The zero-order valence-electron chi connectivity index (χ0n) is 17.3. The number of anilines is 1. The number of thioether (sulfide) groups is 1. The van der Waals surface area contributed by atoms with Crippen LogP contribution >= 0.6 is 23.1 Å². The number of carbonyl (C=O) groups excluding carboxylic acids is 1. The van der Waals surface area contributed by atoms with Crippen LogP contribution in [-0.4, -0.2) is 26.1 Å². The van der Waals surface area contributed by atoms with Gasteiger partial charge in [-0.25, -0.2) is 4.98 Å². The smallest absolute Gasteiger partial charge is 0.271 e. The molecule has 1 aliphatic rings. The highest BCUT2D eigenvalue weighted by Gasteiger charge is 2.21. The number of nitro groups is 1. The highest BCUT2D eigenvalue weighted by molar-refractivity contribution is 7.99. The maximum absolute atomic E-state index is 13.3. The van der Waals surface area contributed by atoms with Crippen LogP contribution in [-0.2, 0) is 24.2 Å². The van der Waals surface area contributed by atoms with Crippen LogP contribution in [0.2, 0.25) is 0 Å². The third-order valence-corrected chi connectivity index (χ3v) is 7.44. The molecule has 10 heteroatoms. The minimum absolute atomic E-state index is 0.0167. The van der Waals surface area contributed by atoms with Crippen molar-refractivity contribution in [2.45, 2.75) is 43.8 Å². The first-order valence-corrected chi connectivity index (χ1v) is 12.1. The van der Waals surface area contributed by atoms with Gasteiger partial charge in [-0.3, -0.25) is 24.3 Å². The van der Waals surface area contributed by atoms with E-state index in [1.54, 1.807) is 28.0 Å². The number of nitro benzene ring substituents is 1. The Morgan fingerprint density at radius 1 is 1.34 bits per heavy atom. The molecule has 0 atom stereocenters. The first-order chi connectivity index (χ1) is 15.5. The average Bonchev–Trinajstić information content (AvgIpc) is 2.95. The van der Waals surface area contributed by atoms with Crippen LogP contribution < -0.4 is 10.9 Å². The molecule has 2 heterocycles. The molecule has 4 rings (SSSR count). The summed E-state index contributed by atoms with van der Waals surface area (Å²) in [4.78, 5) is 42.9. The molecule has 1 amide bonds. The van der Waals surface area contributed by atoms with Crippen LogP contribution in [0, 0.1) is 10.1 Å². The van der Waals surface area contributed by atoms with Gasteiger partial charge in [-0.1, -0.05) is 30.3 Å². The monoisotopic (exact) mass is 470 g/mol. The molecule has 0 aliphatic heterocycles. The second kappa shape index (κ2) is 9.66. The Bertz CT molecular complexity index is 1260. The fourth-order valence-electron chi connectivity index (χ4n) is 3.82. The van der Waals surface area contributed by atoms with Crippen LogP contribution in [0.15, 0.2) is 46.9 Å². The minimum atomic E-state index is -0.514. The lowest BCUT2D eigenvalue weighted by atomic mass is 10.1. The van der Waals surface area contributed by atoms with Crippen molar-refractivity contribution in [2.24, 2.45) is 0 Å². The number of aryl methyl sites for hydroxylation is 2. The molecule has 3 aromatic rings. The Kier molecular flexibility index (Phi) is 6.71. The number of hydrogen-bond donors (Lipinski definition) is 1. The molecule has 166 valence electrons. The van der Waals surface area contributed by atoms with Gasteiger partial charge in [-0.05, 0) is 37.3 Å². The maximum Gasteiger partial charge on any atom is 0.271 e. The first-order valence-electron chi connectivity index (χ1n) is 10.3. The first kappa shape index (κ1) is 22.2. The van der Waals surface area contributed by atoms with Crippen molar-refractivity contribution in [3.05, 3.63) is 67.8 Å². The molecule has 0 fully saturated rings. The highest BCUT2D eigenvalue weighted by atomic mass is 32.2. The molecule has 0 spiro atoms. The van der Waals surface area contributed by atoms with Gasteiger partial charge in [0.15, 0.2) is 5.16 Å². The van der Waals surface area contributed by atoms with E-state index in [2.05, 4.69) is 11.9 Å². The van der Waals surface area contributed by atoms with Crippen molar-refractivity contribution < 1.29 is 9.72 Å². The molecular weight excluding hydrogens is 448 g/mol. The van der Waals surface area contributed by atoms with E-state index in [0.29, 0.717) is 22.8 Å². The topological polar surface area (TPSA) is 107 Å². The third-order valence-electron chi connectivity index (χ3n) is 5.27. The summed E-state index contributed by atoms with van der Waals surface area (Å²) in [6.07, 6.45) is 6.90. The normalized spacial score (nSPS) is 13.4. The molecule has 0 radical (unpaired) electrons. The van der Waals surface area contributed by atoms with Crippen molar-refractivity contribution in [3.8, 4) is 0 Å². The molecule has 0 saturated carbocycles. The van der Waals surface area contributed by atoms with Crippen molar-refractivity contribution in [3.63, 3.8) is 0 Å². The SMILES string of the molecule is C=CCn1c(SCC(=O)Nc2cccc([N+](=O)[O-])c2)nc2sc3c(c2c1=O)CCCCC3. The number of allylic oxidation sites excluding steroid dienone is 1. The minimum Gasteiger partial charge on any atom is -0.325 e. The number of nitrogens with zero attached hydrogens (tertiary/aromatic N) is 3. The summed E-state index contributed by atoms with van der Waals surface area (Å²) in [6.45, 7) is 4.06. The van der Waals surface area contributed by atoms with Crippen LogP contribution in [0.3, 0.4) is 0 Å². The molecule has 32 heavy (non-hydrogen) atoms. The lowest BCUT2D eigenvalue weighted by Gasteiger charge is -2.11. The number of aromatic nitrogens is 2. The van der Waals surface area contributed by atoms with Gasteiger partial charge in [0, 0.05) is 29.2 Å². The number of nitrogens with one attached hydrogen (secondary N) is 1. The zero-order valence-corrected chi connectivity index (χ0v) is 19.0. The molecule has 2 aromatic heterocycles. The Hall–Kier alpha value is -2.98. The summed E-state index contributed by atoms with van der Waals surface area (Å²) in [5, 5.41) is 14.8. The van der Waals surface area contributed by atoms with Crippen LogP contribution in [0.4, 0.5) is 11.4 Å². The van der Waals surface area contributed by atoms with Gasteiger partial charge in [0.2, 0.25) is 5.91 Å². The summed E-state index contributed by atoms with van der Waals surface area (Å²) in [5.74, 6) is -0.319. The molecule has 0 bridgehead atoms. The summed E-state index contributed by atoms with van der Waals surface area (Å²) in [7, 11) is 0. The fourth-order valence-corrected chi connectivity index (χ4v) is 5.93. The second-order valence-corrected chi connectivity index (χ2v) is 9.51. The summed E-state index contributed by atoms with van der Waals surface area (Å²) in [6, 6.07) is 5.77. The molecular formula is C22H22N4O4S2. The highest BCUT2D eigenvalue weighted by Crippen LogP contribution is 2.34. The van der Waals surface area contributed by atoms with Crippen molar-refractivity contribution >= 4 is 50.6 Å². The lowest BCUT2D eigenvalue weighted by Crippen LogP contribution is -2.24. The van der Waals surface area contributed by atoms with Crippen LogP contribution in [0.1, 0.15) is 29.7 Å². The summed E-state index contributed by atoms with van der Waals surface area (Å²) in [5.41, 5.74) is 1.30. The van der Waals surface area contributed by atoms with Crippen molar-refractivity contribution in [1.82, 2.24) is 9.55 Å². The Morgan fingerprint density at radius 2 is 2.16 bits per heavy atom. The fraction of sp³-hybridized carbons (Fsp3) is 0.318. The van der Waals surface area contributed by atoms with E-state index in [0.717, 1.165) is 36.1 Å². The molecule has 0 unspecified atom stereocenters. The maximum atomic E-state index is 13.3. The average molecular weight is 471 g/mol. The van der Waals surface area contributed by atoms with Gasteiger partial charge in [0.1, 0.15) is 4.83 Å². The van der Waals surface area contributed by atoms with Gasteiger partial charge in [0.05, 0.1) is 16.1 Å². The number of carbonyl (C=O) groups is 1. The predicted molar refractivity (Wildman–Crippen MR) is 128 cm³/mol. The van der Waals surface area contributed by atoms with Gasteiger partial charge < -0.3 is 5.32 Å². The Balaban J connectivity index is 1.58. The van der Waals surface area contributed by atoms with E-state index in [4.69, 9.17) is 4.98 Å². The van der Waals surface area contributed by atoms with Gasteiger partial charge in [0.25, 0.3) is 11.2 Å². The molecule has 1 aromatic carbocycles.